The molecule has 144 valence electrons. The average Bonchev–Trinajstić information content (AvgIpc) is 2.64. The molecule has 0 aromatic heterocycles. The van der Waals surface area contributed by atoms with Crippen LogP contribution in [0.2, 0.25) is 0 Å². The molecule has 1 spiro atoms. The largest absolute Gasteiger partial charge is 0.508 e. The number of piperidine rings is 2. The first-order valence-corrected chi connectivity index (χ1v) is 10.8. The van der Waals surface area contributed by atoms with E-state index in [1.807, 2.05) is 23.3 Å². The highest BCUT2D eigenvalue weighted by molar-refractivity contribution is 7.99. The third kappa shape index (κ3) is 4.35. The van der Waals surface area contributed by atoms with E-state index in [1.54, 1.807) is 17.8 Å². The maximum absolute atomic E-state index is 12.2. The lowest BCUT2D eigenvalue weighted by Gasteiger charge is -2.51. The van der Waals surface area contributed by atoms with Crippen LogP contribution < -0.4 is 0 Å². The summed E-state index contributed by atoms with van der Waals surface area (Å²) in [6.07, 6.45) is 5.09. The lowest BCUT2D eigenvalue weighted by atomic mass is 9.64. The molecule has 0 aliphatic carbocycles. The van der Waals surface area contributed by atoms with Crippen molar-refractivity contribution in [3.05, 3.63) is 29.8 Å². The summed E-state index contributed by atoms with van der Waals surface area (Å²) >= 11 is 1.56. The zero-order valence-electron chi connectivity index (χ0n) is 15.6. The van der Waals surface area contributed by atoms with E-state index in [1.165, 1.54) is 0 Å². The normalized spacial score (nSPS) is 23.3. The molecule has 0 saturated carbocycles. The number of nitrogens with zero attached hydrogens (tertiary/aromatic N) is 2. The van der Waals surface area contributed by atoms with Gasteiger partial charge in [-0.3, -0.25) is 9.69 Å². The van der Waals surface area contributed by atoms with Crippen molar-refractivity contribution in [2.24, 2.45) is 11.3 Å². The van der Waals surface area contributed by atoms with Gasteiger partial charge in [-0.15, -0.1) is 0 Å². The second-order valence-corrected chi connectivity index (χ2v) is 8.58. The van der Waals surface area contributed by atoms with Gasteiger partial charge in [0.1, 0.15) is 5.75 Å². The molecule has 3 rings (SSSR count). The predicted octanol–water partition coefficient (Wildman–Crippen LogP) is 2.18. The Labute approximate surface area is 160 Å². The van der Waals surface area contributed by atoms with Crippen LogP contribution in [0.4, 0.5) is 0 Å². The van der Waals surface area contributed by atoms with E-state index in [0.29, 0.717) is 18.0 Å². The van der Waals surface area contributed by atoms with Crippen molar-refractivity contribution in [3.8, 4) is 5.75 Å². The number of thioether (sulfide) groups is 1. The van der Waals surface area contributed by atoms with Crippen LogP contribution in [0.15, 0.2) is 24.3 Å². The minimum atomic E-state index is 0.162. The Bertz CT molecular complexity index is 617. The molecule has 26 heavy (non-hydrogen) atoms. The molecule has 2 aliphatic heterocycles. The lowest BCUT2D eigenvalue weighted by molar-refractivity contribution is -0.135. The van der Waals surface area contributed by atoms with E-state index in [-0.39, 0.29) is 23.8 Å². The van der Waals surface area contributed by atoms with E-state index in [9.17, 15) is 15.0 Å². The third-order valence-electron chi connectivity index (χ3n) is 6.20. The fraction of sp³-hybridized carbons (Fsp3) is 0.650. The first-order chi connectivity index (χ1) is 12.6. The summed E-state index contributed by atoms with van der Waals surface area (Å²) < 4.78 is 0. The van der Waals surface area contributed by atoms with Crippen molar-refractivity contribution in [2.75, 3.05) is 44.8 Å². The number of likely N-dealkylation sites (tertiary alicyclic amines) is 2. The Morgan fingerprint density at radius 2 is 2.00 bits per heavy atom. The average molecular weight is 379 g/mol. The molecule has 6 heteroatoms. The molecule has 2 N–H and O–H groups in total. The van der Waals surface area contributed by atoms with Crippen LogP contribution in [-0.4, -0.2) is 70.7 Å². The van der Waals surface area contributed by atoms with E-state index in [2.05, 4.69) is 11.0 Å². The maximum atomic E-state index is 12.2. The highest BCUT2D eigenvalue weighted by Crippen LogP contribution is 2.45. The van der Waals surface area contributed by atoms with Crippen LogP contribution in [0.1, 0.15) is 24.8 Å². The van der Waals surface area contributed by atoms with Crippen LogP contribution in [0, 0.1) is 11.3 Å². The van der Waals surface area contributed by atoms with Crippen molar-refractivity contribution in [3.63, 3.8) is 0 Å². The van der Waals surface area contributed by atoms with Gasteiger partial charge in [0.15, 0.2) is 0 Å². The van der Waals surface area contributed by atoms with Gasteiger partial charge in [0, 0.05) is 32.2 Å². The van der Waals surface area contributed by atoms with Gasteiger partial charge in [0.05, 0.1) is 5.75 Å². The molecule has 1 aromatic rings. The summed E-state index contributed by atoms with van der Waals surface area (Å²) in [5.41, 5.74) is 1.30. The first kappa shape index (κ1) is 19.5. The molecule has 1 aromatic carbocycles. The Hall–Kier alpha value is -1.24. The molecule has 1 amide bonds. The molecular weight excluding hydrogens is 348 g/mol. The van der Waals surface area contributed by atoms with Crippen molar-refractivity contribution in [1.82, 2.24) is 9.80 Å². The molecule has 5 nitrogen and oxygen atoms in total. The van der Waals surface area contributed by atoms with Crippen LogP contribution in [0.3, 0.4) is 0 Å². The Morgan fingerprint density at radius 1 is 1.27 bits per heavy atom. The van der Waals surface area contributed by atoms with Crippen molar-refractivity contribution < 1.29 is 15.0 Å². The summed E-state index contributed by atoms with van der Waals surface area (Å²) in [4.78, 5) is 16.6. The van der Waals surface area contributed by atoms with Gasteiger partial charge in [-0.05, 0) is 61.7 Å². The fourth-order valence-electron chi connectivity index (χ4n) is 4.53. The van der Waals surface area contributed by atoms with Gasteiger partial charge in [-0.2, -0.15) is 11.8 Å². The first-order valence-electron chi connectivity index (χ1n) is 9.44. The summed E-state index contributed by atoms with van der Waals surface area (Å²) in [5.74, 6) is 1.23. The van der Waals surface area contributed by atoms with Crippen molar-refractivity contribution in [1.29, 1.82) is 0 Å². The highest BCUT2D eigenvalue weighted by Gasteiger charge is 2.45. The second kappa shape index (κ2) is 8.63. The number of carbonyl (C=O) groups excluding carboxylic acids is 1. The lowest BCUT2D eigenvalue weighted by Crippen LogP contribution is -2.54. The summed E-state index contributed by atoms with van der Waals surface area (Å²) in [5, 5.41) is 19.6. The number of aliphatic hydroxyl groups excluding tert-OH is 1. The third-order valence-corrected chi connectivity index (χ3v) is 6.73. The molecule has 0 unspecified atom stereocenters. The second-order valence-electron chi connectivity index (χ2n) is 7.71. The van der Waals surface area contributed by atoms with Gasteiger partial charge in [-0.25, -0.2) is 0 Å². The van der Waals surface area contributed by atoms with Crippen LogP contribution in [-0.2, 0) is 11.3 Å². The summed E-state index contributed by atoms with van der Waals surface area (Å²) in [7, 11) is 0. The van der Waals surface area contributed by atoms with Crippen LogP contribution in [0.5, 0.6) is 5.75 Å². The number of hydrogen-bond donors (Lipinski definition) is 2. The SMILES string of the molecule is CSCC(=O)N1CCC2(CCN(Cc3cccc(O)c3)CC2)[C@H](CO)C1. The van der Waals surface area contributed by atoms with Gasteiger partial charge in [0.25, 0.3) is 0 Å². The smallest absolute Gasteiger partial charge is 0.232 e. The number of rotatable bonds is 5. The maximum Gasteiger partial charge on any atom is 0.232 e. The van der Waals surface area contributed by atoms with Gasteiger partial charge in [0.2, 0.25) is 5.91 Å². The number of benzene rings is 1. The summed E-state index contributed by atoms with van der Waals surface area (Å²) in [6.45, 7) is 4.54. The molecule has 2 aliphatic rings. The Morgan fingerprint density at radius 3 is 2.65 bits per heavy atom. The minimum absolute atomic E-state index is 0.162. The van der Waals surface area contributed by atoms with E-state index >= 15 is 0 Å². The fourth-order valence-corrected chi connectivity index (χ4v) is 4.96. The summed E-state index contributed by atoms with van der Waals surface area (Å²) in [6, 6.07) is 7.47. The van der Waals surface area contributed by atoms with Crippen LogP contribution in [0.25, 0.3) is 0 Å². The molecule has 1 atom stereocenters. The molecule has 2 heterocycles. The van der Waals surface area contributed by atoms with E-state index < -0.39 is 0 Å². The molecule has 2 fully saturated rings. The molecular formula is C20H30N2O3S. The molecule has 0 radical (unpaired) electrons. The van der Waals surface area contributed by atoms with E-state index in [4.69, 9.17) is 0 Å². The predicted molar refractivity (Wildman–Crippen MR) is 105 cm³/mol. The topological polar surface area (TPSA) is 64.0 Å². The number of phenolic OH excluding ortho intramolecular Hbond substituents is 1. The highest BCUT2D eigenvalue weighted by atomic mass is 32.2. The number of phenols is 1. The number of aliphatic hydroxyl groups is 1. The number of aromatic hydroxyl groups is 1. The Balaban J connectivity index is 1.58. The van der Waals surface area contributed by atoms with Gasteiger partial charge in [-0.1, -0.05) is 12.1 Å². The van der Waals surface area contributed by atoms with E-state index in [0.717, 1.165) is 51.0 Å². The number of hydrogen-bond acceptors (Lipinski definition) is 5. The number of carbonyl (C=O) groups is 1. The molecule has 0 bridgehead atoms. The van der Waals surface area contributed by atoms with Gasteiger partial charge < -0.3 is 15.1 Å². The minimum Gasteiger partial charge on any atom is -0.508 e. The van der Waals surface area contributed by atoms with Crippen molar-refractivity contribution in [2.45, 2.75) is 25.8 Å². The monoisotopic (exact) mass is 378 g/mol. The van der Waals surface area contributed by atoms with Crippen molar-refractivity contribution >= 4 is 17.7 Å². The Kier molecular flexibility index (Phi) is 6.48. The van der Waals surface area contributed by atoms with Gasteiger partial charge >= 0.3 is 0 Å². The zero-order chi connectivity index (χ0) is 18.6. The quantitative estimate of drug-likeness (QED) is 0.822. The van der Waals surface area contributed by atoms with Crippen LogP contribution >= 0.6 is 11.8 Å². The standard InChI is InChI=1S/C20H30N2O3S/c1-26-15-19(25)22-10-7-20(17(13-22)14-23)5-8-21(9-6-20)12-16-3-2-4-18(24)11-16/h2-4,11,17,23-24H,5-10,12-15H2,1H3/t17-/m0/s1. The molecule has 2 saturated heterocycles. The zero-order valence-corrected chi connectivity index (χ0v) is 16.4. The number of amides is 1.